The number of benzene rings is 1. The second kappa shape index (κ2) is 7.90. The monoisotopic (exact) mass is 447 g/mol. The molecule has 1 N–H and O–H groups in total. The van der Waals surface area contributed by atoms with Crippen LogP contribution in [0.25, 0.3) is 0 Å². The Morgan fingerprint density at radius 1 is 1.28 bits per heavy atom. The van der Waals surface area contributed by atoms with Crippen LogP contribution in [0.4, 0.5) is 5.69 Å². The highest BCUT2D eigenvalue weighted by Gasteiger charge is 2.25. The van der Waals surface area contributed by atoms with Crippen molar-refractivity contribution in [3.05, 3.63) is 45.7 Å². The number of aryl methyl sites for hydroxylation is 1. The summed E-state index contributed by atoms with van der Waals surface area (Å²) in [4.78, 5) is 12.6. The summed E-state index contributed by atoms with van der Waals surface area (Å²) in [5.74, 6) is -0.437. The molecule has 1 amide bonds. The van der Waals surface area contributed by atoms with E-state index >= 15 is 0 Å². The third-order valence-electron chi connectivity index (χ3n) is 3.74. The van der Waals surface area contributed by atoms with Crippen LogP contribution in [0, 0.1) is 0 Å². The van der Waals surface area contributed by atoms with Crippen molar-refractivity contribution >= 4 is 49.1 Å². The molecule has 0 aliphatic carbocycles. The van der Waals surface area contributed by atoms with Gasteiger partial charge in [0, 0.05) is 30.8 Å². The highest BCUT2D eigenvalue weighted by Crippen LogP contribution is 2.26. The lowest BCUT2D eigenvalue weighted by molar-refractivity contribution is 0.101. The zero-order valence-electron chi connectivity index (χ0n) is 14.1. The second-order valence-corrected chi connectivity index (χ2v) is 8.60. The molecule has 6 nitrogen and oxygen atoms in total. The molecule has 1 heterocycles. The lowest BCUT2D eigenvalue weighted by Crippen LogP contribution is -2.30. The average molecular weight is 449 g/mol. The number of aromatic nitrogens is 1. The van der Waals surface area contributed by atoms with E-state index in [-0.39, 0.29) is 10.6 Å². The van der Waals surface area contributed by atoms with Gasteiger partial charge < -0.3 is 9.88 Å². The van der Waals surface area contributed by atoms with E-state index in [1.165, 1.54) is 21.1 Å². The number of amides is 1. The first kappa shape index (κ1) is 20.0. The van der Waals surface area contributed by atoms with Gasteiger partial charge in [-0.3, -0.25) is 4.79 Å². The maximum Gasteiger partial charge on any atom is 0.272 e. The first-order valence-electron chi connectivity index (χ1n) is 7.63. The van der Waals surface area contributed by atoms with E-state index in [4.69, 9.17) is 11.6 Å². The summed E-state index contributed by atoms with van der Waals surface area (Å²) < 4.78 is 28.8. The highest BCUT2D eigenvalue weighted by atomic mass is 79.9. The smallest absolute Gasteiger partial charge is 0.272 e. The van der Waals surface area contributed by atoms with Gasteiger partial charge in [-0.05, 0) is 24.3 Å². The fourth-order valence-corrected chi connectivity index (χ4v) is 4.64. The van der Waals surface area contributed by atoms with Crippen molar-refractivity contribution in [3.8, 4) is 0 Å². The van der Waals surface area contributed by atoms with E-state index in [9.17, 15) is 13.2 Å². The summed E-state index contributed by atoms with van der Waals surface area (Å²) in [5, 5.41) is 3.08. The first-order valence-corrected chi connectivity index (χ1v) is 10.2. The number of carbonyl (C=O) groups excluding carboxylic acids is 1. The molecule has 0 fully saturated rings. The van der Waals surface area contributed by atoms with E-state index < -0.39 is 15.9 Å². The largest absolute Gasteiger partial charge is 0.345 e. The lowest BCUT2D eigenvalue weighted by atomic mass is 10.3. The van der Waals surface area contributed by atoms with Crippen molar-refractivity contribution in [1.82, 2.24) is 8.87 Å². The van der Waals surface area contributed by atoms with Crippen LogP contribution in [0.15, 0.2) is 39.8 Å². The number of nitrogens with zero attached hydrogens (tertiary/aromatic N) is 2. The van der Waals surface area contributed by atoms with Crippen LogP contribution in [0.2, 0.25) is 5.02 Å². The maximum absolute atomic E-state index is 12.6. The minimum Gasteiger partial charge on any atom is -0.345 e. The van der Waals surface area contributed by atoms with E-state index in [0.29, 0.717) is 23.8 Å². The number of nitrogens with one attached hydrogen (secondary N) is 1. The molecule has 25 heavy (non-hydrogen) atoms. The molecule has 1 aromatic carbocycles. The molecule has 0 aliphatic heterocycles. The number of anilines is 1. The summed E-state index contributed by atoms with van der Waals surface area (Å²) in [5.41, 5.74) is 0.675. The number of halogens is 2. The summed E-state index contributed by atoms with van der Waals surface area (Å²) in [6, 6.07) is 6.46. The molecule has 0 unspecified atom stereocenters. The highest BCUT2D eigenvalue weighted by molar-refractivity contribution is 9.10. The Morgan fingerprint density at radius 2 is 1.92 bits per heavy atom. The minimum atomic E-state index is -3.62. The van der Waals surface area contributed by atoms with Crippen LogP contribution in [0.3, 0.4) is 0 Å². The molecule has 2 aromatic rings. The van der Waals surface area contributed by atoms with Crippen molar-refractivity contribution < 1.29 is 13.2 Å². The SMILES string of the molecule is CCN(CC)S(=O)(=O)c1cc(C(=O)Nc2ccc(Br)cc2Cl)n(C)c1. The third kappa shape index (κ3) is 4.25. The Bertz CT molecular complexity index is 892. The maximum atomic E-state index is 12.6. The van der Waals surface area contributed by atoms with E-state index in [2.05, 4.69) is 21.2 Å². The van der Waals surface area contributed by atoms with Gasteiger partial charge in [0.05, 0.1) is 10.7 Å². The van der Waals surface area contributed by atoms with Crippen LogP contribution in [-0.2, 0) is 17.1 Å². The first-order chi connectivity index (χ1) is 11.7. The second-order valence-electron chi connectivity index (χ2n) is 5.34. The van der Waals surface area contributed by atoms with Gasteiger partial charge in [-0.2, -0.15) is 4.31 Å². The molecular weight excluding hydrogens is 430 g/mol. The number of hydrogen-bond acceptors (Lipinski definition) is 3. The minimum absolute atomic E-state index is 0.0887. The normalized spacial score (nSPS) is 11.8. The Balaban J connectivity index is 2.32. The van der Waals surface area contributed by atoms with Gasteiger partial charge in [-0.1, -0.05) is 41.4 Å². The van der Waals surface area contributed by atoms with Crippen molar-refractivity contribution in [2.45, 2.75) is 18.7 Å². The van der Waals surface area contributed by atoms with Gasteiger partial charge in [0.25, 0.3) is 5.91 Å². The van der Waals surface area contributed by atoms with Crippen molar-refractivity contribution in [1.29, 1.82) is 0 Å². The molecule has 2 rings (SSSR count). The molecular formula is C16H19BrClN3O3S. The predicted octanol–water partition coefficient (Wildman–Crippen LogP) is 3.72. The lowest BCUT2D eigenvalue weighted by Gasteiger charge is -2.17. The zero-order valence-corrected chi connectivity index (χ0v) is 17.2. The quantitative estimate of drug-likeness (QED) is 0.732. The molecule has 1 aromatic heterocycles. The summed E-state index contributed by atoms with van der Waals surface area (Å²) in [6.45, 7) is 4.27. The number of sulfonamides is 1. The van der Waals surface area contributed by atoms with E-state index in [0.717, 1.165) is 4.47 Å². The molecule has 0 aliphatic rings. The van der Waals surface area contributed by atoms with Crippen molar-refractivity contribution in [2.24, 2.45) is 7.05 Å². The van der Waals surface area contributed by atoms with Crippen LogP contribution >= 0.6 is 27.5 Å². The zero-order chi connectivity index (χ0) is 18.8. The van der Waals surface area contributed by atoms with Gasteiger partial charge in [0.15, 0.2) is 0 Å². The molecule has 0 atom stereocenters. The van der Waals surface area contributed by atoms with Gasteiger partial charge in [0.2, 0.25) is 10.0 Å². The summed E-state index contributed by atoms with van der Waals surface area (Å²) in [7, 11) is -2.00. The van der Waals surface area contributed by atoms with E-state index in [1.54, 1.807) is 39.1 Å². The van der Waals surface area contributed by atoms with Gasteiger partial charge in [-0.15, -0.1) is 0 Å². The van der Waals surface area contributed by atoms with Crippen LogP contribution < -0.4 is 5.32 Å². The molecule has 0 saturated carbocycles. The summed E-state index contributed by atoms with van der Waals surface area (Å²) >= 11 is 9.40. The number of carbonyl (C=O) groups is 1. The van der Waals surface area contributed by atoms with Gasteiger partial charge in [-0.25, -0.2) is 8.42 Å². The topological polar surface area (TPSA) is 71.4 Å². The molecule has 0 spiro atoms. The molecule has 0 radical (unpaired) electrons. The predicted molar refractivity (Wildman–Crippen MR) is 103 cm³/mol. The van der Waals surface area contributed by atoms with Crippen molar-refractivity contribution in [3.63, 3.8) is 0 Å². The number of rotatable bonds is 6. The molecule has 0 saturated heterocycles. The Labute approximate surface area is 161 Å². The number of hydrogen-bond donors (Lipinski definition) is 1. The Kier molecular flexibility index (Phi) is 6.31. The van der Waals surface area contributed by atoms with Crippen LogP contribution in [-0.4, -0.2) is 36.3 Å². The Morgan fingerprint density at radius 3 is 2.48 bits per heavy atom. The van der Waals surface area contributed by atoms with Gasteiger partial charge >= 0.3 is 0 Å². The van der Waals surface area contributed by atoms with Crippen LogP contribution in [0.5, 0.6) is 0 Å². The fourth-order valence-electron chi connectivity index (χ4n) is 2.39. The molecule has 0 bridgehead atoms. The Hall–Kier alpha value is -1.35. The van der Waals surface area contributed by atoms with Crippen molar-refractivity contribution in [2.75, 3.05) is 18.4 Å². The molecule has 9 heteroatoms. The fraction of sp³-hybridized carbons (Fsp3) is 0.312. The standard InChI is InChI=1S/C16H19BrClN3O3S/c1-4-21(5-2)25(23,24)12-9-15(20(3)10-12)16(22)19-14-7-6-11(17)8-13(14)18/h6-10H,4-5H2,1-3H3,(H,19,22). The van der Waals surface area contributed by atoms with Crippen LogP contribution in [0.1, 0.15) is 24.3 Å². The third-order valence-corrected chi connectivity index (χ3v) is 6.56. The molecule has 136 valence electrons. The van der Waals surface area contributed by atoms with Gasteiger partial charge in [0.1, 0.15) is 10.6 Å². The average Bonchev–Trinajstić information content (AvgIpc) is 2.94. The van der Waals surface area contributed by atoms with E-state index in [1.807, 2.05) is 0 Å². The summed E-state index contributed by atoms with van der Waals surface area (Å²) in [6.07, 6.45) is 1.44.